The second-order valence-electron chi connectivity index (χ2n) is 6.05. The number of urea groups is 1. The number of anilines is 1. The predicted molar refractivity (Wildman–Crippen MR) is 107 cm³/mol. The third-order valence-electron chi connectivity index (χ3n) is 4.33. The fourth-order valence-electron chi connectivity index (χ4n) is 2.89. The standard InChI is InChI=1S/C19H26N4O3S/c1-3-23(4-2)18(15-8-6-5-7-9-15)14-21-19(24)22-16-10-12-17(13-11-16)27(20,25)26/h5-13,18H,3-4,14H2,1-2H3,(H2,20,25,26)(H2,21,22,24). The molecule has 0 radical (unpaired) electrons. The molecule has 2 rings (SSSR count). The molecule has 2 amide bonds. The minimum Gasteiger partial charge on any atom is -0.336 e. The van der Waals surface area contributed by atoms with Crippen molar-refractivity contribution >= 4 is 21.7 Å². The summed E-state index contributed by atoms with van der Waals surface area (Å²) < 4.78 is 22.5. The molecule has 0 saturated heterocycles. The van der Waals surface area contributed by atoms with Crippen LogP contribution in [-0.4, -0.2) is 39.0 Å². The summed E-state index contributed by atoms with van der Waals surface area (Å²) in [6, 6.07) is 15.5. The van der Waals surface area contributed by atoms with E-state index in [-0.39, 0.29) is 17.0 Å². The monoisotopic (exact) mass is 390 g/mol. The molecule has 0 aliphatic carbocycles. The number of nitrogens with two attached hydrogens (primary N) is 1. The zero-order valence-electron chi connectivity index (χ0n) is 15.6. The first kappa shape index (κ1) is 20.9. The molecular formula is C19H26N4O3S. The Morgan fingerprint density at radius 3 is 2.15 bits per heavy atom. The number of hydrogen-bond acceptors (Lipinski definition) is 4. The molecule has 0 heterocycles. The smallest absolute Gasteiger partial charge is 0.319 e. The van der Waals surface area contributed by atoms with Crippen LogP contribution in [0, 0.1) is 0 Å². The highest BCUT2D eigenvalue weighted by Crippen LogP contribution is 2.19. The maximum Gasteiger partial charge on any atom is 0.319 e. The summed E-state index contributed by atoms with van der Waals surface area (Å²) >= 11 is 0. The van der Waals surface area contributed by atoms with Gasteiger partial charge in [-0.1, -0.05) is 44.2 Å². The van der Waals surface area contributed by atoms with E-state index in [1.54, 1.807) is 0 Å². The number of carbonyl (C=O) groups is 1. The average Bonchev–Trinajstić information content (AvgIpc) is 2.65. The Kier molecular flexibility index (Phi) is 7.35. The van der Waals surface area contributed by atoms with Crippen molar-refractivity contribution in [1.82, 2.24) is 10.2 Å². The van der Waals surface area contributed by atoms with Gasteiger partial charge in [-0.05, 0) is 42.9 Å². The molecule has 0 aromatic heterocycles. The maximum absolute atomic E-state index is 12.2. The van der Waals surface area contributed by atoms with Crippen molar-refractivity contribution < 1.29 is 13.2 Å². The van der Waals surface area contributed by atoms with Crippen molar-refractivity contribution in [2.75, 3.05) is 25.0 Å². The molecule has 7 nitrogen and oxygen atoms in total. The highest BCUT2D eigenvalue weighted by atomic mass is 32.2. The van der Waals surface area contributed by atoms with Gasteiger partial charge in [0.1, 0.15) is 0 Å². The van der Waals surface area contributed by atoms with Crippen molar-refractivity contribution in [1.29, 1.82) is 0 Å². The lowest BCUT2D eigenvalue weighted by molar-refractivity contribution is 0.210. The molecule has 2 aromatic rings. The van der Waals surface area contributed by atoms with Gasteiger partial charge >= 0.3 is 6.03 Å². The Bertz CT molecular complexity index is 835. The number of likely N-dealkylation sites (N-methyl/N-ethyl adjacent to an activating group) is 1. The summed E-state index contributed by atoms with van der Waals surface area (Å²) in [6.07, 6.45) is 0. The van der Waals surface area contributed by atoms with E-state index in [1.165, 1.54) is 24.3 Å². The van der Waals surface area contributed by atoms with Gasteiger partial charge in [-0.2, -0.15) is 0 Å². The molecule has 8 heteroatoms. The minimum absolute atomic E-state index is 0.000803. The van der Waals surface area contributed by atoms with Gasteiger partial charge in [0.25, 0.3) is 0 Å². The highest BCUT2D eigenvalue weighted by Gasteiger charge is 2.18. The van der Waals surface area contributed by atoms with Crippen LogP contribution in [0.1, 0.15) is 25.5 Å². The van der Waals surface area contributed by atoms with Gasteiger partial charge in [-0.25, -0.2) is 18.4 Å². The number of sulfonamides is 1. The quantitative estimate of drug-likeness (QED) is 0.644. The van der Waals surface area contributed by atoms with Crippen LogP contribution in [0.15, 0.2) is 59.5 Å². The van der Waals surface area contributed by atoms with Gasteiger partial charge in [0.2, 0.25) is 10.0 Å². The fraction of sp³-hybridized carbons (Fsp3) is 0.316. The Morgan fingerprint density at radius 2 is 1.63 bits per heavy atom. The van der Waals surface area contributed by atoms with E-state index in [9.17, 15) is 13.2 Å². The number of hydrogen-bond donors (Lipinski definition) is 3. The Morgan fingerprint density at radius 1 is 1.04 bits per heavy atom. The summed E-state index contributed by atoms with van der Waals surface area (Å²) in [5, 5.41) is 10.7. The molecule has 0 spiro atoms. The second-order valence-corrected chi connectivity index (χ2v) is 7.61. The molecule has 146 valence electrons. The van der Waals surface area contributed by atoms with E-state index in [4.69, 9.17) is 5.14 Å². The van der Waals surface area contributed by atoms with E-state index in [0.717, 1.165) is 18.7 Å². The molecule has 0 aliphatic rings. The molecule has 4 N–H and O–H groups in total. The second kappa shape index (κ2) is 9.50. The SMILES string of the molecule is CCN(CC)C(CNC(=O)Nc1ccc(S(N)(=O)=O)cc1)c1ccccc1. The lowest BCUT2D eigenvalue weighted by atomic mass is 10.1. The number of benzene rings is 2. The van der Waals surface area contributed by atoms with Gasteiger partial charge in [-0.15, -0.1) is 0 Å². The normalized spacial score (nSPS) is 12.6. The first-order chi connectivity index (χ1) is 12.8. The Balaban J connectivity index is 2.01. The van der Waals surface area contributed by atoms with Crippen LogP contribution < -0.4 is 15.8 Å². The van der Waals surface area contributed by atoms with Crippen LogP contribution in [-0.2, 0) is 10.0 Å². The third-order valence-corrected chi connectivity index (χ3v) is 5.26. The molecule has 0 bridgehead atoms. The van der Waals surface area contributed by atoms with Crippen LogP contribution >= 0.6 is 0 Å². The summed E-state index contributed by atoms with van der Waals surface area (Å²) in [5.74, 6) is 0. The van der Waals surface area contributed by atoms with Crippen LogP contribution in [0.25, 0.3) is 0 Å². The van der Waals surface area contributed by atoms with Gasteiger partial charge in [0.05, 0.1) is 10.9 Å². The van der Waals surface area contributed by atoms with Gasteiger partial charge < -0.3 is 10.6 Å². The number of nitrogens with zero attached hydrogens (tertiary/aromatic N) is 1. The van der Waals surface area contributed by atoms with E-state index in [0.29, 0.717) is 12.2 Å². The van der Waals surface area contributed by atoms with Gasteiger partial charge in [0, 0.05) is 12.2 Å². The van der Waals surface area contributed by atoms with Crippen LogP contribution in [0.5, 0.6) is 0 Å². The Labute approximate surface area is 160 Å². The number of carbonyl (C=O) groups excluding carboxylic acids is 1. The molecular weight excluding hydrogens is 364 g/mol. The van der Waals surface area contributed by atoms with E-state index in [2.05, 4.69) is 41.5 Å². The number of primary sulfonamides is 1. The number of nitrogens with one attached hydrogen (secondary N) is 2. The lowest BCUT2D eigenvalue weighted by Gasteiger charge is -2.30. The van der Waals surface area contributed by atoms with Crippen molar-refractivity contribution in [3.05, 3.63) is 60.2 Å². The largest absolute Gasteiger partial charge is 0.336 e. The molecule has 1 atom stereocenters. The zero-order valence-corrected chi connectivity index (χ0v) is 16.4. The average molecular weight is 391 g/mol. The summed E-state index contributed by atoms with van der Waals surface area (Å²) in [4.78, 5) is 14.5. The van der Waals surface area contributed by atoms with Crippen LogP contribution in [0.3, 0.4) is 0 Å². The number of amides is 2. The van der Waals surface area contributed by atoms with Crippen molar-refractivity contribution in [3.8, 4) is 0 Å². The first-order valence-corrected chi connectivity index (χ1v) is 10.4. The first-order valence-electron chi connectivity index (χ1n) is 8.81. The van der Waals surface area contributed by atoms with E-state index in [1.807, 2.05) is 18.2 Å². The summed E-state index contributed by atoms with van der Waals surface area (Å²) in [5.41, 5.74) is 1.62. The van der Waals surface area contributed by atoms with Crippen LogP contribution in [0.2, 0.25) is 0 Å². The minimum atomic E-state index is -3.75. The van der Waals surface area contributed by atoms with Gasteiger partial charge in [0.15, 0.2) is 0 Å². The Hall–Kier alpha value is -2.42. The number of rotatable bonds is 8. The van der Waals surface area contributed by atoms with Crippen molar-refractivity contribution in [3.63, 3.8) is 0 Å². The zero-order chi connectivity index (χ0) is 19.9. The molecule has 2 aromatic carbocycles. The predicted octanol–water partition coefficient (Wildman–Crippen LogP) is 2.54. The molecule has 27 heavy (non-hydrogen) atoms. The highest BCUT2D eigenvalue weighted by molar-refractivity contribution is 7.89. The third kappa shape index (κ3) is 6.06. The van der Waals surface area contributed by atoms with Crippen LogP contribution in [0.4, 0.5) is 10.5 Å². The molecule has 1 unspecified atom stereocenters. The summed E-state index contributed by atoms with van der Waals surface area (Å²) in [6.45, 7) is 6.37. The van der Waals surface area contributed by atoms with Crippen molar-refractivity contribution in [2.24, 2.45) is 5.14 Å². The summed E-state index contributed by atoms with van der Waals surface area (Å²) in [7, 11) is -3.75. The van der Waals surface area contributed by atoms with E-state index < -0.39 is 10.0 Å². The van der Waals surface area contributed by atoms with E-state index >= 15 is 0 Å². The molecule has 0 fully saturated rings. The lowest BCUT2D eigenvalue weighted by Crippen LogP contribution is -2.39. The maximum atomic E-state index is 12.2. The fourth-order valence-corrected chi connectivity index (χ4v) is 3.41. The van der Waals surface area contributed by atoms with Gasteiger partial charge in [-0.3, -0.25) is 4.90 Å². The topological polar surface area (TPSA) is 105 Å². The molecule has 0 saturated carbocycles. The molecule has 0 aliphatic heterocycles. The van der Waals surface area contributed by atoms with Crippen molar-refractivity contribution in [2.45, 2.75) is 24.8 Å².